The molecule has 1 N–H and O–H groups in total. The van der Waals surface area contributed by atoms with Gasteiger partial charge in [0.15, 0.2) is 0 Å². The first-order valence-corrected chi connectivity index (χ1v) is 11.9. The van der Waals surface area contributed by atoms with Crippen LogP contribution in [0, 0.1) is 0 Å². The third-order valence-electron chi connectivity index (χ3n) is 7.22. The van der Waals surface area contributed by atoms with Gasteiger partial charge in [-0.25, -0.2) is 4.79 Å². The van der Waals surface area contributed by atoms with E-state index in [2.05, 4.69) is 30.2 Å². The number of piperidine rings is 1. The van der Waals surface area contributed by atoms with E-state index >= 15 is 0 Å². The zero-order valence-electron chi connectivity index (χ0n) is 19.6. The van der Waals surface area contributed by atoms with Crippen LogP contribution in [-0.2, 0) is 0 Å². The first kappa shape index (κ1) is 21.9. The summed E-state index contributed by atoms with van der Waals surface area (Å²) in [5.41, 5.74) is 1.52. The molecule has 0 aliphatic carbocycles. The number of hydrogen-bond acceptors (Lipinski definition) is 6. The first-order chi connectivity index (χ1) is 15.9. The molecule has 1 unspecified atom stereocenters. The van der Waals surface area contributed by atoms with E-state index in [1.807, 2.05) is 39.7 Å². The predicted octanol–water partition coefficient (Wildman–Crippen LogP) is 3.81. The molecule has 0 saturated carbocycles. The van der Waals surface area contributed by atoms with Crippen LogP contribution in [0.4, 0.5) is 4.79 Å². The van der Waals surface area contributed by atoms with Crippen molar-refractivity contribution in [2.75, 3.05) is 26.2 Å². The molecular formula is C24H32N6O3. The summed E-state index contributed by atoms with van der Waals surface area (Å²) in [5, 5.41) is 19.6. The SMILES string of the molecule is CC(C)n1ncc2ccc(-c3noc(C4CCN(C(=O)N5CCCC5(C)CO)CC4)n3)cc21. The van der Waals surface area contributed by atoms with E-state index in [4.69, 9.17) is 9.51 Å². The standard InChI is InChI=1S/C24H32N6O3/c1-16(2)30-20-13-18(5-6-19(20)14-25-30)21-26-22(33-27-21)17-7-11-28(12-8-17)23(32)29-10-4-9-24(29,3)15-31/h5-6,13-14,16-17,31H,4,7-12,15H2,1-3H3. The van der Waals surface area contributed by atoms with Gasteiger partial charge in [0.05, 0.1) is 23.9 Å². The Bertz CT molecular complexity index is 1150. The fourth-order valence-corrected chi connectivity index (χ4v) is 5.11. The summed E-state index contributed by atoms with van der Waals surface area (Å²) < 4.78 is 7.64. The lowest BCUT2D eigenvalue weighted by Crippen LogP contribution is -2.54. The van der Waals surface area contributed by atoms with E-state index in [9.17, 15) is 9.90 Å². The number of rotatable bonds is 4. The highest BCUT2D eigenvalue weighted by Gasteiger charge is 2.41. The van der Waals surface area contributed by atoms with Crippen LogP contribution >= 0.6 is 0 Å². The van der Waals surface area contributed by atoms with Crippen LogP contribution in [0.25, 0.3) is 22.3 Å². The second kappa shape index (κ2) is 8.44. The molecule has 0 radical (unpaired) electrons. The molecule has 2 aliphatic heterocycles. The Morgan fingerprint density at radius 3 is 2.79 bits per heavy atom. The topological polar surface area (TPSA) is 101 Å². The zero-order chi connectivity index (χ0) is 23.2. The van der Waals surface area contributed by atoms with Crippen molar-refractivity contribution >= 4 is 16.9 Å². The average Bonchev–Trinajstić information content (AvgIpc) is 3.56. The van der Waals surface area contributed by atoms with Crippen molar-refractivity contribution in [3.63, 3.8) is 0 Å². The number of benzene rings is 1. The smallest absolute Gasteiger partial charge is 0.320 e. The van der Waals surface area contributed by atoms with Gasteiger partial charge in [-0.15, -0.1) is 0 Å². The number of nitrogens with zero attached hydrogens (tertiary/aromatic N) is 6. The van der Waals surface area contributed by atoms with Crippen molar-refractivity contribution in [3.05, 3.63) is 30.3 Å². The fourth-order valence-electron chi connectivity index (χ4n) is 5.11. The molecule has 0 spiro atoms. The van der Waals surface area contributed by atoms with Gasteiger partial charge in [-0.2, -0.15) is 10.1 Å². The van der Waals surface area contributed by atoms with Crippen molar-refractivity contribution in [1.82, 2.24) is 29.7 Å². The number of aromatic nitrogens is 4. The Morgan fingerprint density at radius 1 is 1.27 bits per heavy atom. The number of carbonyl (C=O) groups is 1. The maximum absolute atomic E-state index is 13.0. The van der Waals surface area contributed by atoms with Gasteiger partial charge < -0.3 is 19.4 Å². The molecule has 1 aromatic carbocycles. The van der Waals surface area contributed by atoms with Gasteiger partial charge >= 0.3 is 6.03 Å². The predicted molar refractivity (Wildman–Crippen MR) is 124 cm³/mol. The summed E-state index contributed by atoms with van der Waals surface area (Å²) in [6.07, 6.45) is 5.24. The Kier molecular flexibility index (Phi) is 5.60. The Labute approximate surface area is 193 Å². The Balaban J connectivity index is 1.27. The lowest BCUT2D eigenvalue weighted by molar-refractivity contribution is 0.0719. The third kappa shape index (κ3) is 3.88. The van der Waals surface area contributed by atoms with Crippen LogP contribution < -0.4 is 0 Å². The molecule has 176 valence electrons. The summed E-state index contributed by atoms with van der Waals surface area (Å²) in [7, 11) is 0. The molecule has 4 heterocycles. The number of likely N-dealkylation sites (tertiary alicyclic amines) is 2. The fraction of sp³-hybridized carbons (Fsp3) is 0.583. The molecule has 2 amide bonds. The number of aliphatic hydroxyl groups excluding tert-OH is 1. The number of amides is 2. The van der Waals surface area contributed by atoms with Gasteiger partial charge in [0.2, 0.25) is 11.7 Å². The molecule has 3 aromatic rings. The zero-order valence-corrected chi connectivity index (χ0v) is 19.6. The first-order valence-electron chi connectivity index (χ1n) is 11.9. The van der Waals surface area contributed by atoms with E-state index in [0.717, 1.165) is 42.1 Å². The van der Waals surface area contributed by atoms with Crippen molar-refractivity contribution in [3.8, 4) is 11.4 Å². The molecule has 5 rings (SSSR count). The second-order valence-electron chi connectivity index (χ2n) is 9.87. The van der Waals surface area contributed by atoms with Gasteiger partial charge in [-0.3, -0.25) is 4.68 Å². The van der Waals surface area contributed by atoms with Crippen molar-refractivity contribution in [2.45, 2.75) is 64.0 Å². The van der Waals surface area contributed by atoms with Gasteiger partial charge in [0.25, 0.3) is 0 Å². The highest BCUT2D eigenvalue weighted by molar-refractivity contribution is 5.83. The average molecular weight is 453 g/mol. The summed E-state index contributed by atoms with van der Waals surface area (Å²) in [4.78, 5) is 21.5. The molecular weight excluding hydrogens is 420 g/mol. The summed E-state index contributed by atoms with van der Waals surface area (Å²) in [5.74, 6) is 1.36. The largest absolute Gasteiger partial charge is 0.394 e. The van der Waals surface area contributed by atoms with Crippen molar-refractivity contribution in [2.24, 2.45) is 0 Å². The van der Waals surface area contributed by atoms with Crippen LogP contribution in [0.15, 0.2) is 28.9 Å². The van der Waals surface area contributed by atoms with E-state index in [1.54, 1.807) is 0 Å². The Hall–Kier alpha value is -2.94. The summed E-state index contributed by atoms with van der Waals surface area (Å²) >= 11 is 0. The van der Waals surface area contributed by atoms with Crippen LogP contribution in [-0.4, -0.2) is 72.6 Å². The van der Waals surface area contributed by atoms with E-state index < -0.39 is 5.54 Å². The maximum Gasteiger partial charge on any atom is 0.320 e. The minimum Gasteiger partial charge on any atom is -0.394 e. The number of hydrogen-bond donors (Lipinski definition) is 1. The Morgan fingerprint density at radius 2 is 2.06 bits per heavy atom. The monoisotopic (exact) mass is 452 g/mol. The third-order valence-corrected chi connectivity index (χ3v) is 7.22. The molecule has 1 atom stereocenters. The van der Waals surface area contributed by atoms with Crippen LogP contribution in [0.1, 0.15) is 64.3 Å². The molecule has 2 fully saturated rings. The number of fused-ring (bicyclic) bond motifs is 1. The van der Waals surface area contributed by atoms with Gasteiger partial charge in [0.1, 0.15) is 0 Å². The molecule has 33 heavy (non-hydrogen) atoms. The van der Waals surface area contributed by atoms with E-state index in [-0.39, 0.29) is 24.6 Å². The van der Waals surface area contributed by atoms with E-state index in [1.165, 1.54) is 0 Å². The lowest BCUT2D eigenvalue weighted by atomic mass is 9.96. The van der Waals surface area contributed by atoms with Crippen LogP contribution in [0.5, 0.6) is 0 Å². The quantitative estimate of drug-likeness (QED) is 0.646. The highest BCUT2D eigenvalue weighted by Crippen LogP contribution is 2.33. The lowest BCUT2D eigenvalue weighted by Gasteiger charge is -2.39. The normalized spacial score (nSPS) is 22.1. The summed E-state index contributed by atoms with van der Waals surface area (Å²) in [6.45, 7) is 8.20. The number of aliphatic hydroxyl groups is 1. The molecule has 9 nitrogen and oxygen atoms in total. The molecule has 2 aliphatic rings. The van der Waals surface area contributed by atoms with Crippen molar-refractivity contribution < 1.29 is 14.4 Å². The van der Waals surface area contributed by atoms with Gasteiger partial charge in [-0.1, -0.05) is 17.3 Å². The van der Waals surface area contributed by atoms with Gasteiger partial charge in [0, 0.05) is 42.5 Å². The van der Waals surface area contributed by atoms with Crippen molar-refractivity contribution in [1.29, 1.82) is 0 Å². The maximum atomic E-state index is 13.0. The van der Waals surface area contributed by atoms with Crippen LogP contribution in [0.3, 0.4) is 0 Å². The van der Waals surface area contributed by atoms with Gasteiger partial charge in [-0.05, 0) is 52.5 Å². The molecule has 2 saturated heterocycles. The highest BCUT2D eigenvalue weighted by atomic mass is 16.5. The minimum atomic E-state index is -0.443. The molecule has 0 bridgehead atoms. The van der Waals surface area contributed by atoms with Crippen LogP contribution in [0.2, 0.25) is 0 Å². The minimum absolute atomic E-state index is 0.00368. The number of urea groups is 1. The molecule has 2 aromatic heterocycles. The summed E-state index contributed by atoms with van der Waals surface area (Å²) in [6, 6.07) is 6.39. The van der Waals surface area contributed by atoms with E-state index in [0.29, 0.717) is 31.3 Å². The second-order valence-corrected chi connectivity index (χ2v) is 9.87. The number of carbonyl (C=O) groups excluding carboxylic acids is 1. The molecule has 9 heteroatoms.